The molecule has 0 aliphatic heterocycles. The number of aromatic nitrogens is 1. The zero-order valence-corrected chi connectivity index (χ0v) is 14.5. The molecule has 2 aromatic heterocycles. The molecule has 0 aliphatic rings. The zero-order valence-electron chi connectivity index (χ0n) is 12.9. The quantitative estimate of drug-likeness (QED) is 0.734. The van der Waals surface area contributed by atoms with Crippen LogP contribution in [0.5, 0.6) is 0 Å². The highest BCUT2D eigenvalue weighted by atomic mass is 32.1. The van der Waals surface area contributed by atoms with Crippen LogP contribution in [0.2, 0.25) is 0 Å². The van der Waals surface area contributed by atoms with Crippen LogP contribution in [0.4, 0.5) is 0 Å². The molecule has 0 atom stereocenters. The van der Waals surface area contributed by atoms with Crippen LogP contribution in [-0.2, 0) is 13.1 Å². The summed E-state index contributed by atoms with van der Waals surface area (Å²) in [4.78, 5) is 25.6. The lowest BCUT2D eigenvalue weighted by Gasteiger charge is -2.03. The van der Waals surface area contributed by atoms with Gasteiger partial charge in [-0.2, -0.15) is 0 Å². The van der Waals surface area contributed by atoms with E-state index in [-0.39, 0.29) is 10.8 Å². The van der Waals surface area contributed by atoms with Gasteiger partial charge in [0.25, 0.3) is 5.91 Å². The lowest BCUT2D eigenvalue weighted by atomic mass is 10.1. The molecule has 0 aliphatic carbocycles. The number of hydrogen-bond donors (Lipinski definition) is 1. The fraction of sp³-hybridized carbons (Fsp3) is 0.111. The molecule has 0 saturated carbocycles. The van der Waals surface area contributed by atoms with E-state index in [4.69, 9.17) is 0 Å². The van der Waals surface area contributed by atoms with Crippen LogP contribution in [0.1, 0.15) is 25.7 Å². The summed E-state index contributed by atoms with van der Waals surface area (Å²) in [5, 5.41) is 4.81. The number of amides is 1. The Morgan fingerprint density at radius 2 is 2.04 bits per heavy atom. The van der Waals surface area contributed by atoms with E-state index in [9.17, 15) is 9.59 Å². The van der Waals surface area contributed by atoms with Gasteiger partial charge in [-0.3, -0.25) is 9.59 Å². The number of benzene rings is 1. The minimum absolute atomic E-state index is 0.135. The highest BCUT2D eigenvalue weighted by molar-refractivity contribution is 7.11. The van der Waals surface area contributed by atoms with Crippen LogP contribution in [0, 0.1) is 0 Å². The molecule has 0 unspecified atom stereocenters. The van der Waals surface area contributed by atoms with Crippen molar-refractivity contribution in [2.24, 2.45) is 0 Å². The van der Waals surface area contributed by atoms with E-state index in [2.05, 4.69) is 11.9 Å². The molecule has 1 N–H and O–H groups in total. The monoisotopic (exact) mass is 356 g/mol. The molecule has 1 amide bonds. The van der Waals surface area contributed by atoms with Crippen molar-refractivity contribution < 1.29 is 4.79 Å². The van der Waals surface area contributed by atoms with Crippen LogP contribution in [0.25, 0.3) is 6.08 Å². The van der Waals surface area contributed by atoms with E-state index in [1.54, 1.807) is 28.2 Å². The van der Waals surface area contributed by atoms with Crippen LogP contribution >= 0.6 is 22.7 Å². The van der Waals surface area contributed by atoms with Crippen molar-refractivity contribution in [3.63, 3.8) is 0 Å². The fourth-order valence-electron chi connectivity index (χ4n) is 2.21. The Labute approximate surface area is 147 Å². The Morgan fingerprint density at radius 1 is 1.25 bits per heavy atom. The summed E-state index contributed by atoms with van der Waals surface area (Å²) in [7, 11) is 0. The molecule has 122 valence electrons. The number of carbonyl (C=O) groups excluding carboxylic acids is 1. The Morgan fingerprint density at radius 3 is 2.71 bits per heavy atom. The highest BCUT2D eigenvalue weighted by Gasteiger charge is 2.12. The third kappa shape index (κ3) is 3.90. The van der Waals surface area contributed by atoms with Crippen molar-refractivity contribution in [2.45, 2.75) is 13.1 Å². The average Bonchev–Trinajstić information content (AvgIpc) is 3.24. The van der Waals surface area contributed by atoms with Gasteiger partial charge in [-0.1, -0.05) is 54.3 Å². The summed E-state index contributed by atoms with van der Waals surface area (Å²) < 4.78 is 1.56. The molecule has 0 bridgehead atoms. The first kappa shape index (κ1) is 16.4. The zero-order chi connectivity index (χ0) is 16.9. The first-order valence-electron chi connectivity index (χ1n) is 7.38. The Hall–Kier alpha value is -2.44. The molecule has 1 aromatic carbocycles. The predicted molar refractivity (Wildman–Crippen MR) is 99.7 cm³/mol. The van der Waals surface area contributed by atoms with E-state index in [1.165, 1.54) is 0 Å². The molecule has 24 heavy (non-hydrogen) atoms. The van der Waals surface area contributed by atoms with Gasteiger partial charge < -0.3 is 9.88 Å². The van der Waals surface area contributed by atoms with Crippen LogP contribution in [-0.4, -0.2) is 10.5 Å². The molecule has 0 fully saturated rings. The Kier molecular flexibility index (Phi) is 5.08. The van der Waals surface area contributed by atoms with Gasteiger partial charge in [-0.05, 0) is 22.6 Å². The third-order valence-corrected chi connectivity index (χ3v) is 5.30. The van der Waals surface area contributed by atoms with Gasteiger partial charge in [0.2, 0.25) is 0 Å². The van der Waals surface area contributed by atoms with Gasteiger partial charge in [0, 0.05) is 11.1 Å². The summed E-state index contributed by atoms with van der Waals surface area (Å²) in [5.41, 5.74) is 2.04. The SMILES string of the molecule is C=Cc1ccc(Cn2cc(C(=O)NCc3cccs3)sc2=O)cc1. The van der Waals surface area contributed by atoms with E-state index in [0.29, 0.717) is 18.0 Å². The second-order valence-corrected chi connectivity index (χ2v) is 7.22. The number of thiophene rings is 1. The summed E-state index contributed by atoms with van der Waals surface area (Å²) in [5.74, 6) is -0.216. The average molecular weight is 356 g/mol. The summed E-state index contributed by atoms with van der Waals surface area (Å²) >= 11 is 2.56. The molecule has 4 nitrogen and oxygen atoms in total. The van der Waals surface area contributed by atoms with Crippen molar-refractivity contribution in [2.75, 3.05) is 0 Å². The second-order valence-electron chi connectivity index (χ2n) is 5.20. The van der Waals surface area contributed by atoms with Crippen molar-refractivity contribution in [3.8, 4) is 0 Å². The van der Waals surface area contributed by atoms with Gasteiger partial charge in [-0.25, -0.2) is 0 Å². The molecular formula is C18H16N2O2S2. The van der Waals surface area contributed by atoms with E-state index in [1.807, 2.05) is 41.8 Å². The van der Waals surface area contributed by atoms with Crippen molar-refractivity contribution in [1.29, 1.82) is 0 Å². The van der Waals surface area contributed by atoms with E-state index < -0.39 is 0 Å². The van der Waals surface area contributed by atoms with Crippen LogP contribution in [0.3, 0.4) is 0 Å². The fourth-order valence-corrected chi connectivity index (χ4v) is 3.62. The normalized spacial score (nSPS) is 10.5. The minimum Gasteiger partial charge on any atom is -0.346 e. The molecule has 0 radical (unpaired) electrons. The summed E-state index contributed by atoms with van der Waals surface area (Å²) in [6, 6.07) is 11.7. The smallest absolute Gasteiger partial charge is 0.308 e. The third-order valence-electron chi connectivity index (χ3n) is 3.50. The van der Waals surface area contributed by atoms with Crippen LogP contribution < -0.4 is 10.2 Å². The summed E-state index contributed by atoms with van der Waals surface area (Å²) in [6.45, 7) is 4.65. The first-order chi connectivity index (χ1) is 11.7. The molecule has 2 heterocycles. The maximum atomic E-state index is 12.2. The predicted octanol–water partition coefficient (Wildman–Crippen LogP) is 3.59. The Balaban J connectivity index is 1.68. The van der Waals surface area contributed by atoms with E-state index >= 15 is 0 Å². The molecule has 0 saturated heterocycles. The van der Waals surface area contributed by atoms with Crippen molar-refractivity contribution >= 4 is 34.7 Å². The molecular weight excluding hydrogens is 340 g/mol. The number of carbonyl (C=O) groups is 1. The maximum Gasteiger partial charge on any atom is 0.308 e. The van der Waals surface area contributed by atoms with Gasteiger partial charge in [-0.15, -0.1) is 11.3 Å². The number of thiazole rings is 1. The van der Waals surface area contributed by atoms with Gasteiger partial charge in [0.1, 0.15) is 4.88 Å². The van der Waals surface area contributed by atoms with E-state index in [0.717, 1.165) is 27.3 Å². The lowest BCUT2D eigenvalue weighted by molar-refractivity contribution is 0.0955. The number of nitrogens with zero attached hydrogens (tertiary/aromatic N) is 1. The first-order valence-corrected chi connectivity index (χ1v) is 9.07. The highest BCUT2D eigenvalue weighted by Crippen LogP contribution is 2.11. The Bertz CT molecular complexity index is 890. The minimum atomic E-state index is -0.216. The molecule has 3 aromatic rings. The molecule has 0 spiro atoms. The van der Waals surface area contributed by atoms with Gasteiger partial charge in [0.15, 0.2) is 0 Å². The van der Waals surface area contributed by atoms with Crippen LogP contribution in [0.15, 0.2) is 59.3 Å². The molecule has 3 rings (SSSR count). The summed E-state index contributed by atoms with van der Waals surface area (Å²) in [6.07, 6.45) is 3.40. The number of rotatable bonds is 6. The van der Waals surface area contributed by atoms with Gasteiger partial charge in [0.05, 0.1) is 13.1 Å². The lowest BCUT2D eigenvalue weighted by Crippen LogP contribution is -2.21. The number of nitrogens with one attached hydrogen (secondary N) is 1. The maximum absolute atomic E-state index is 12.2. The standard InChI is InChI=1S/C18H16N2O2S2/c1-2-13-5-7-14(8-6-13)11-20-12-16(24-18(20)22)17(21)19-10-15-4-3-9-23-15/h2-9,12H,1,10-11H2,(H,19,21). The van der Waals surface area contributed by atoms with Crippen molar-refractivity contribution in [1.82, 2.24) is 9.88 Å². The van der Waals surface area contributed by atoms with Gasteiger partial charge >= 0.3 is 4.87 Å². The van der Waals surface area contributed by atoms with Crippen molar-refractivity contribution in [3.05, 3.63) is 85.1 Å². The molecule has 6 heteroatoms. The topological polar surface area (TPSA) is 51.1 Å². The second kappa shape index (κ2) is 7.42. The number of hydrogen-bond acceptors (Lipinski definition) is 4. The largest absolute Gasteiger partial charge is 0.346 e.